The number of carboxylic acids is 1. The fourth-order valence-electron chi connectivity index (χ4n) is 1.53. The third kappa shape index (κ3) is 6.23. The van der Waals surface area contributed by atoms with Crippen LogP contribution >= 0.6 is 11.3 Å². The van der Waals surface area contributed by atoms with Gasteiger partial charge in [-0.15, -0.1) is 11.3 Å². The van der Waals surface area contributed by atoms with Crippen LogP contribution in [0.5, 0.6) is 0 Å². The van der Waals surface area contributed by atoms with Gasteiger partial charge in [-0.2, -0.15) is 4.72 Å². The van der Waals surface area contributed by atoms with Crippen LogP contribution in [0.25, 0.3) is 0 Å². The highest BCUT2D eigenvalue weighted by Gasteiger charge is 2.22. The van der Waals surface area contributed by atoms with E-state index < -0.39 is 27.9 Å². The first-order chi connectivity index (χ1) is 9.83. The first kappa shape index (κ1) is 17.6. The molecule has 0 fully saturated rings. The van der Waals surface area contributed by atoms with Crippen LogP contribution in [0.4, 0.5) is 0 Å². The summed E-state index contributed by atoms with van der Waals surface area (Å²) in [5.74, 6) is -1.32. The number of unbranched alkanes of at least 4 members (excludes halogenated alkanes) is 1. The lowest BCUT2D eigenvalue weighted by molar-refractivity contribution is -0.137. The third-order valence-corrected chi connectivity index (χ3v) is 5.54. The molecule has 1 rings (SSSR count). The van der Waals surface area contributed by atoms with Gasteiger partial charge in [0.1, 0.15) is 4.21 Å². The Labute approximate surface area is 127 Å². The Bertz CT molecular complexity index is 568. The number of thiophene rings is 1. The van der Waals surface area contributed by atoms with E-state index in [4.69, 9.17) is 5.11 Å². The van der Waals surface area contributed by atoms with Crippen molar-refractivity contribution in [1.29, 1.82) is 0 Å². The molecule has 9 heteroatoms. The van der Waals surface area contributed by atoms with Crippen LogP contribution in [0.3, 0.4) is 0 Å². The second-order valence-electron chi connectivity index (χ2n) is 4.42. The summed E-state index contributed by atoms with van der Waals surface area (Å²) in [4.78, 5) is 22.0. The number of carbonyl (C=O) groups excluding carboxylic acids is 1. The first-order valence-electron chi connectivity index (χ1n) is 6.38. The fraction of sp³-hybridized carbons (Fsp3) is 0.500. The van der Waals surface area contributed by atoms with Crippen LogP contribution in [0.2, 0.25) is 0 Å². The number of hydrogen-bond donors (Lipinski definition) is 3. The largest absolute Gasteiger partial charge is 0.481 e. The molecule has 0 saturated heterocycles. The molecule has 0 aliphatic carbocycles. The van der Waals surface area contributed by atoms with E-state index in [1.807, 2.05) is 0 Å². The molecule has 0 radical (unpaired) electrons. The maximum Gasteiger partial charge on any atom is 0.303 e. The fourth-order valence-corrected chi connectivity index (χ4v) is 3.74. The van der Waals surface area contributed by atoms with Crippen molar-refractivity contribution < 1.29 is 23.1 Å². The van der Waals surface area contributed by atoms with Crippen LogP contribution in [0.15, 0.2) is 21.7 Å². The molecule has 1 amide bonds. The molecule has 21 heavy (non-hydrogen) atoms. The number of carbonyl (C=O) groups is 2. The molecular weight excluding hydrogens is 316 g/mol. The van der Waals surface area contributed by atoms with Crippen molar-refractivity contribution in [3.05, 3.63) is 17.5 Å². The Hall–Kier alpha value is -1.45. The van der Waals surface area contributed by atoms with Gasteiger partial charge in [-0.3, -0.25) is 9.59 Å². The van der Waals surface area contributed by atoms with E-state index in [9.17, 15) is 18.0 Å². The monoisotopic (exact) mass is 334 g/mol. The van der Waals surface area contributed by atoms with E-state index in [1.165, 1.54) is 13.0 Å². The zero-order valence-corrected chi connectivity index (χ0v) is 13.2. The quantitative estimate of drug-likeness (QED) is 0.578. The van der Waals surface area contributed by atoms with E-state index in [0.29, 0.717) is 19.4 Å². The Kier molecular flexibility index (Phi) is 6.79. The van der Waals surface area contributed by atoms with E-state index in [1.54, 1.807) is 11.4 Å². The van der Waals surface area contributed by atoms with Crippen LogP contribution < -0.4 is 10.0 Å². The van der Waals surface area contributed by atoms with Gasteiger partial charge in [-0.1, -0.05) is 6.07 Å². The summed E-state index contributed by atoms with van der Waals surface area (Å²) in [5, 5.41) is 12.7. The normalized spacial score (nSPS) is 12.8. The Morgan fingerprint density at radius 3 is 2.67 bits per heavy atom. The average molecular weight is 334 g/mol. The smallest absolute Gasteiger partial charge is 0.303 e. The van der Waals surface area contributed by atoms with Gasteiger partial charge in [-0.05, 0) is 31.2 Å². The molecule has 1 aromatic heterocycles. The van der Waals surface area contributed by atoms with Crippen LogP contribution in [-0.2, 0) is 19.6 Å². The molecule has 1 aromatic rings. The molecule has 0 aliphatic heterocycles. The molecule has 1 atom stereocenters. The van der Waals surface area contributed by atoms with Gasteiger partial charge in [0.05, 0.1) is 6.04 Å². The molecule has 1 unspecified atom stereocenters. The predicted molar refractivity (Wildman–Crippen MR) is 78.6 cm³/mol. The summed E-state index contributed by atoms with van der Waals surface area (Å²) in [5.41, 5.74) is 0. The second-order valence-corrected chi connectivity index (χ2v) is 7.31. The highest BCUT2D eigenvalue weighted by atomic mass is 32.2. The Morgan fingerprint density at radius 2 is 2.10 bits per heavy atom. The van der Waals surface area contributed by atoms with Crippen molar-refractivity contribution in [2.45, 2.75) is 36.4 Å². The number of amides is 1. The molecule has 0 spiro atoms. The minimum atomic E-state index is -3.68. The molecule has 1 heterocycles. The van der Waals surface area contributed by atoms with Crippen molar-refractivity contribution in [3.8, 4) is 0 Å². The second kappa shape index (κ2) is 8.11. The van der Waals surface area contributed by atoms with Crippen molar-refractivity contribution in [1.82, 2.24) is 10.0 Å². The van der Waals surface area contributed by atoms with Gasteiger partial charge < -0.3 is 10.4 Å². The highest BCUT2D eigenvalue weighted by molar-refractivity contribution is 7.91. The SMILES string of the molecule is CC(NS(=O)(=O)c1cccs1)C(=O)NCCCCC(=O)O. The number of carboxylic acid groups (broad SMARTS) is 1. The maximum absolute atomic E-state index is 11.9. The van der Waals surface area contributed by atoms with Gasteiger partial charge in [0.25, 0.3) is 10.0 Å². The van der Waals surface area contributed by atoms with Gasteiger partial charge in [-0.25, -0.2) is 8.42 Å². The van der Waals surface area contributed by atoms with E-state index in [0.717, 1.165) is 11.3 Å². The van der Waals surface area contributed by atoms with E-state index in [2.05, 4.69) is 10.0 Å². The topological polar surface area (TPSA) is 113 Å². The highest BCUT2D eigenvalue weighted by Crippen LogP contribution is 2.15. The molecule has 0 aromatic carbocycles. The van der Waals surface area contributed by atoms with Gasteiger partial charge in [0.2, 0.25) is 5.91 Å². The van der Waals surface area contributed by atoms with Gasteiger partial charge in [0, 0.05) is 13.0 Å². The molecule has 0 aliphatic rings. The third-order valence-electron chi connectivity index (χ3n) is 2.60. The van der Waals surface area contributed by atoms with Gasteiger partial charge in [0.15, 0.2) is 0 Å². The van der Waals surface area contributed by atoms with Crippen molar-refractivity contribution in [3.63, 3.8) is 0 Å². The zero-order valence-electron chi connectivity index (χ0n) is 11.5. The zero-order chi connectivity index (χ0) is 15.9. The first-order valence-corrected chi connectivity index (χ1v) is 8.74. The van der Waals surface area contributed by atoms with Crippen molar-refractivity contribution in [2.75, 3.05) is 6.54 Å². The maximum atomic E-state index is 11.9. The van der Waals surface area contributed by atoms with Crippen molar-refractivity contribution >= 4 is 33.2 Å². The minimum absolute atomic E-state index is 0.0520. The van der Waals surface area contributed by atoms with E-state index >= 15 is 0 Å². The lowest BCUT2D eigenvalue weighted by Gasteiger charge is -2.13. The summed E-state index contributed by atoms with van der Waals surface area (Å²) >= 11 is 1.07. The summed E-state index contributed by atoms with van der Waals surface area (Å²) in [6.07, 6.45) is 1.05. The lowest BCUT2D eigenvalue weighted by atomic mass is 10.2. The summed E-state index contributed by atoms with van der Waals surface area (Å²) in [6.45, 7) is 1.77. The molecule has 3 N–H and O–H groups in total. The average Bonchev–Trinajstić information content (AvgIpc) is 2.91. The van der Waals surface area contributed by atoms with Gasteiger partial charge >= 0.3 is 5.97 Å². The number of hydrogen-bond acceptors (Lipinski definition) is 5. The summed E-state index contributed by atoms with van der Waals surface area (Å²) in [6, 6.07) is 2.19. The van der Waals surface area contributed by atoms with Crippen molar-refractivity contribution in [2.24, 2.45) is 0 Å². The Balaban J connectivity index is 2.36. The minimum Gasteiger partial charge on any atom is -0.481 e. The molecule has 0 saturated carbocycles. The van der Waals surface area contributed by atoms with Crippen LogP contribution in [0, 0.1) is 0 Å². The number of rotatable bonds is 9. The van der Waals surface area contributed by atoms with E-state index in [-0.39, 0.29) is 10.6 Å². The van der Waals surface area contributed by atoms with Crippen LogP contribution in [-0.4, -0.2) is 38.0 Å². The molecule has 0 bridgehead atoms. The summed E-state index contributed by atoms with van der Waals surface area (Å²) in [7, 11) is -3.68. The lowest BCUT2D eigenvalue weighted by Crippen LogP contribution is -2.44. The Morgan fingerprint density at radius 1 is 1.38 bits per heavy atom. The standard InChI is InChI=1S/C12H18N2O5S2/c1-9(12(17)13-7-3-2-5-10(15)16)14-21(18,19)11-6-4-8-20-11/h4,6,8-9,14H,2-3,5,7H2,1H3,(H,13,17)(H,15,16). The molecular formula is C12H18N2O5S2. The number of aliphatic carboxylic acids is 1. The molecule has 118 valence electrons. The number of sulfonamides is 1. The van der Waals surface area contributed by atoms with Crippen LogP contribution in [0.1, 0.15) is 26.2 Å². The number of nitrogens with one attached hydrogen (secondary N) is 2. The predicted octanol–water partition coefficient (Wildman–Crippen LogP) is 0.786. The molecule has 7 nitrogen and oxygen atoms in total. The summed E-state index contributed by atoms with van der Waals surface area (Å²) < 4.78 is 26.3.